The molecule has 194 valence electrons. The highest BCUT2D eigenvalue weighted by Gasteiger charge is 2.27. The van der Waals surface area contributed by atoms with Crippen molar-refractivity contribution in [2.75, 3.05) is 29.4 Å². The molecule has 0 saturated carbocycles. The number of carbonyl (C=O) groups is 1. The van der Waals surface area contributed by atoms with Crippen LogP contribution in [-0.2, 0) is 14.8 Å². The maximum absolute atomic E-state index is 13.7. The summed E-state index contributed by atoms with van der Waals surface area (Å²) < 4.78 is 45.4. The molecule has 8 nitrogen and oxygen atoms in total. The second-order valence-electron chi connectivity index (χ2n) is 8.64. The normalized spacial score (nSPS) is 12.4. The Hall–Kier alpha value is -4.50. The van der Waals surface area contributed by atoms with Gasteiger partial charge in [0, 0.05) is 11.8 Å². The zero-order valence-corrected chi connectivity index (χ0v) is 21.5. The first-order chi connectivity index (χ1) is 18.4. The Labute approximate surface area is 221 Å². The molecule has 1 aliphatic rings. The second kappa shape index (κ2) is 10.9. The average Bonchev–Trinajstić information content (AvgIpc) is 2.93. The van der Waals surface area contributed by atoms with E-state index in [1.165, 1.54) is 12.1 Å². The average molecular weight is 531 g/mol. The van der Waals surface area contributed by atoms with Crippen LogP contribution in [-0.4, -0.2) is 34.1 Å². The van der Waals surface area contributed by atoms with Crippen molar-refractivity contribution < 1.29 is 27.4 Å². The summed E-state index contributed by atoms with van der Waals surface area (Å²) in [6.07, 6.45) is 0. The van der Waals surface area contributed by atoms with Gasteiger partial charge < -0.3 is 19.5 Å². The molecule has 0 spiro atoms. The molecule has 0 radical (unpaired) electrons. The van der Waals surface area contributed by atoms with Crippen molar-refractivity contribution in [2.45, 2.75) is 11.8 Å². The number of nitrogens with one attached hydrogen (secondary N) is 1. The van der Waals surface area contributed by atoms with E-state index in [9.17, 15) is 13.2 Å². The van der Waals surface area contributed by atoms with Gasteiger partial charge in [0.2, 0.25) is 5.91 Å². The van der Waals surface area contributed by atoms with Crippen LogP contribution >= 0.6 is 0 Å². The maximum Gasteiger partial charge on any atom is 0.264 e. The topological polar surface area (TPSA) is 94.2 Å². The lowest BCUT2D eigenvalue weighted by molar-refractivity contribution is -0.114. The number of nitrogens with zero attached hydrogens (tertiary/aromatic N) is 1. The van der Waals surface area contributed by atoms with Crippen LogP contribution in [0.2, 0.25) is 0 Å². The maximum atomic E-state index is 13.7. The van der Waals surface area contributed by atoms with E-state index in [0.717, 1.165) is 9.87 Å². The highest BCUT2D eigenvalue weighted by molar-refractivity contribution is 7.92. The Morgan fingerprint density at radius 3 is 2.21 bits per heavy atom. The number of ether oxygens (including phenoxy) is 3. The van der Waals surface area contributed by atoms with Crippen molar-refractivity contribution in [1.82, 2.24) is 0 Å². The number of rotatable bonds is 8. The van der Waals surface area contributed by atoms with E-state index in [-0.39, 0.29) is 4.90 Å². The number of sulfonamides is 1. The molecule has 0 saturated heterocycles. The molecule has 1 aliphatic heterocycles. The van der Waals surface area contributed by atoms with Gasteiger partial charge in [0.1, 0.15) is 31.3 Å². The number of carbonyl (C=O) groups excluding carboxylic acids is 1. The van der Waals surface area contributed by atoms with E-state index in [1.54, 1.807) is 54.6 Å². The second-order valence-corrected chi connectivity index (χ2v) is 10.5. The number of amides is 1. The van der Waals surface area contributed by atoms with Gasteiger partial charge in [0.25, 0.3) is 10.0 Å². The molecule has 1 amide bonds. The highest BCUT2D eigenvalue weighted by Crippen LogP contribution is 2.33. The molecular weight excluding hydrogens is 504 g/mol. The van der Waals surface area contributed by atoms with Crippen LogP contribution in [0.25, 0.3) is 0 Å². The summed E-state index contributed by atoms with van der Waals surface area (Å²) in [6.45, 7) is 2.31. The molecule has 9 heteroatoms. The molecule has 0 fully saturated rings. The van der Waals surface area contributed by atoms with E-state index in [1.807, 2.05) is 37.3 Å². The molecule has 4 aromatic rings. The van der Waals surface area contributed by atoms with Crippen molar-refractivity contribution in [1.29, 1.82) is 0 Å². The van der Waals surface area contributed by atoms with E-state index in [4.69, 9.17) is 14.2 Å². The monoisotopic (exact) mass is 530 g/mol. The minimum Gasteiger partial charge on any atom is -0.486 e. The van der Waals surface area contributed by atoms with E-state index in [0.29, 0.717) is 47.6 Å². The van der Waals surface area contributed by atoms with E-state index < -0.39 is 22.5 Å². The summed E-state index contributed by atoms with van der Waals surface area (Å²) in [5, 5.41) is 2.76. The minimum absolute atomic E-state index is 0.0832. The van der Waals surface area contributed by atoms with Crippen molar-refractivity contribution in [3.8, 4) is 23.0 Å². The molecule has 1 N–H and O–H groups in total. The van der Waals surface area contributed by atoms with Crippen molar-refractivity contribution >= 4 is 27.3 Å². The first-order valence-corrected chi connectivity index (χ1v) is 13.4. The van der Waals surface area contributed by atoms with Crippen LogP contribution in [0, 0.1) is 6.92 Å². The molecule has 0 aliphatic carbocycles. The fourth-order valence-corrected chi connectivity index (χ4v) is 5.33. The Balaban J connectivity index is 1.40. The third-order valence-electron chi connectivity index (χ3n) is 5.83. The van der Waals surface area contributed by atoms with Crippen LogP contribution in [0.1, 0.15) is 5.56 Å². The number of hydrogen-bond acceptors (Lipinski definition) is 6. The molecule has 0 atom stereocenters. The lowest BCUT2D eigenvalue weighted by atomic mass is 10.2. The zero-order chi connectivity index (χ0) is 26.5. The molecule has 5 rings (SSSR count). The van der Waals surface area contributed by atoms with Gasteiger partial charge in [-0.25, -0.2) is 8.42 Å². The minimum atomic E-state index is -4.06. The number of hydrogen-bond donors (Lipinski definition) is 1. The Kier molecular flexibility index (Phi) is 7.19. The Morgan fingerprint density at radius 1 is 0.842 bits per heavy atom. The number of fused-ring (bicyclic) bond motifs is 1. The highest BCUT2D eigenvalue weighted by atomic mass is 32.2. The number of para-hydroxylation sites is 1. The number of aryl methyl sites for hydroxylation is 1. The van der Waals surface area contributed by atoms with E-state index >= 15 is 0 Å². The first-order valence-electron chi connectivity index (χ1n) is 12.0. The summed E-state index contributed by atoms with van der Waals surface area (Å²) in [7, 11) is -4.06. The first kappa shape index (κ1) is 25.2. The Bertz CT molecular complexity index is 1520. The van der Waals surface area contributed by atoms with Gasteiger partial charge in [-0.15, -0.1) is 0 Å². The largest absolute Gasteiger partial charge is 0.486 e. The lowest BCUT2D eigenvalue weighted by Gasteiger charge is -2.24. The summed E-state index contributed by atoms with van der Waals surface area (Å²) in [5.41, 5.74) is 1.72. The van der Waals surface area contributed by atoms with Crippen molar-refractivity contribution in [3.63, 3.8) is 0 Å². The van der Waals surface area contributed by atoms with E-state index in [2.05, 4.69) is 5.32 Å². The van der Waals surface area contributed by atoms with Gasteiger partial charge in [0.15, 0.2) is 11.5 Å². The molecule has 0 unspecified atom stereocenters. The van der Waals surface area contributed by atoms with Crippen LogP contribution in [0.4, 0.5) is 11.4 Å². The molecule has 0 aromatic heterocycles. The third-order valence-corrected chi connectivity index (χ3v) is 7.61. The van der Waals surface area contributed by atoms with Gasteiger partial charge in [0.05, 0.1) is 10.6 Å². The summed E-state index contributed by atoms with van der Waals surface area (Å²) in [5.74, 6) is 1.79. The third kappa shape index (κ3) is 5.73. The van der Waals surface area contributed by atoms with Crippen LogP contribution in [0.3, 0.4) is 0 Å². The molecule has 0 bridgehead atoms. The van der Waals surface area contributed by atoms with Crippen LogP contribution < -0.4 is 23.8 Å². The molecule has 1 heterocycles. The summed E-state index contributed by atoms with van der Waals surface area (Å²) >= 11 is 0. The Morgan fingerprint density at radius 2 is 1.50 bits per heavy atom. The summed E-state index contributed by atoms with van der Waals surface area (Å²) in [4.78, 5) is 13.2. The lowest BCUT2D eigenvalue weighted by Crippen LogP contribution is -2.38. The smallest absolute Gasteiger partial charge is 0.264 e. The van der Waals surface area contributed by atoms with Gasteiger partial charge >= 0.3 is 0 Å². The standard InChI is InChI=1S/C29H26N2O6S/c1-21-7-14-26(15-8-21)38(33,34)31(23-10-12-25(13-11-23)37-24-5-3-2-4-6-24)20-29(32)30-22-9-16-27-28(19-22)36-18-17-35-27/h2-16,19H,17-18,20H2,1H3,(H,30,32). The zero-order valence-electron chi connectivity index (χ0n) is 20.7. The molecule has 4 aromatic carbocycles. The van der Waals surface area contributed by atoms with Gasteiger partial charge in [-0.3, -0.25) is 9.10 Å². The summed E-state index contributed by atoms with van der Waals surface area (Å²) in [6, 6.07) is 27.4. The number of anilines is 2. The predicted molar refractivity (Wildman–Crippen MR) is 145 cm³/mol. The quantitative estimate of drug-likeness (QED) is 0.328. The van der Waals surface area contributed by atoms with Crippen LogP contribution in [0.5, 0.6) is 23.0 Å². The number of benzene rings is 4. The van der Waals surface area contributed by atoms with Gasteiger partial charge in [-0.2, -0.15) is 0 Å². The van der Waals surface area contributed by atoms with Crippen LogP contribution in [0.15, 0.2) is 102 Å². The molecular formula is C29H26N2O6S. The predicted octanol–water partition coefficient (Wildman–Crippen LogP) is 5.39. The van der Waals surface area contributed by atoms with Gasteiger partial charge in [-0.05, 0) is 67.6 Å². The SMILES string of the molecule is Cc1ccc(S(=O)(=O)N(CC(=O)Nc2ccc3c(c2)OCCO3)c2ccc(Oc3ccccc3)cc2)cc1. The van der Waals surface area contributed by atoms with Crippen molar-refractivity contribution in [3.05, 3.63) is 103 Å². The van der Waals surface area contributed by atoms with Crippen molar-refractivity contribution in [2.24, 2.45) is 0 Å². The fraction of sp³-hybridized carbons (Fsp3) is 0.138. The van der Waals surface area contributed by atoms with Gasteiger partial charge in [-0.1, -0.05) is 35.9 Å². The molecule has 38 heavy (non-hydrogen) atoms. The fourth-order valence-electron chi connectivity index (χ4n) is 3.91.